The lowest BCUT2D eigenvalue weighted by molar-refractivity contribution is 0.115. The van der Waals surface area contributed by atoms with Crippen LogP contribution in [-0.2, 0) is 15.5 Å². The maximum atomic E-state index is 11.2. The summed E-state index contributed by atoms with van der Waals surface area (Å²) in [7, 11) is 1.22. The van der Waals surface area contributed by atoms with E-state index in [2.05, 4.69) is 10.2 Å². The third-order valence-electron chi connectivity index (χ3n) is 3.26. The number of hydrogen-bond donors (Lipinski definition) is 1. The van der Waals surface area contributed by atoms with Crippen LogP contribution < -0.4 is 5.32 Å². The number of methoxy groups -OCH3 is 1. The standard InChI is InChI=1S/C10H20N2O2S/c1-14-10-6-9(11-7-10)8-12-2-4-15(13)5-3-12/h9-11H,2-8H2,1H3. The number of rotatable bonds is 3. The predicted octanol–water partition coefficient (Wildman–Crippen LogP) is -0.572. The van der Waals surface area contributed by atoms with Crippen molar-refractivity contribution in [3.63, 3.8) is 0 Å². The summed E-state index contributed by atoms with van der Waals surface area (Å²) in [5.41, 5.74) is 0. The van der Waals surface area contributed by atoms with Crippen LogP contribution in [-0.4, -0.2) is 66.0 Å². The Labute approximate surface area is 93.8 Å². The van der Waals surface area contributed by atoms with Crippen LogP contribution in [0.25, 0.3) is 0 Å². The fourth-order valence-electron chi connectivity index (χ4n) is 2.27. The van der Waals surface area contributed by atoms with Crippen LogP contribution in [0.15, 0.2) is 0 Å². The van der Waals surface area contributed by atoms with Crippen LogP contribution in [0.2, 0.25) is 0 Å². The summed E-state index contributed by atoms with van der Waals surface area (Å²) < 4.78 is 16.5. The van der Waals surface area contributed by atoms with Gasteiger partial charge in [0.25, 0.3) is 0 Å². The molecule has 2 fully saturated rings. The van der Waals surface area contributed by atoms with E-state index in [9.17, 15) is 4.21 Å². The largest absolute Gasteiger partial charge is 0.380 e. The van der Waals surface area contributed by atoms with Crippen LogP contribution in [0.3, 0.4) is 0 Å². The Hall–Kier alpha value is 0.0300. The molecule has 0 spiro atoms. The van der Waals surface area contributed by atoms with Crippen molar-refractivity contribution >= 4 is 10.8 Å². The highest BCUT2D eigenvalue weighted by molar-refractivity contribution is 7.85. The van der Waals surface area contributed by atoms with Gasteiger partial charge in [0.1, 0.15) is 0 Å². The summed E-state index contributed by atoms with van der Waals surface area (Å²) in [6, 6.07) is 0.557. The Balaban J connectivity index is 1.71. The Kier molecular flexibility index (Phi) is 4.13. The van der Waals surface area contributed by atoms with E-state index in [-0.39, 0.29) is 0 Å². The van der Waals surface area contributed by atoms with Crippen molar-refractivity contribution in [3.05, 3.63) is 0 Å². The van der Waals surface area contributed by atoms with Gasteiger partial charge < -0.3 is 10.1 Å². The molecule has 2 aliphatic rings. The first kappa shape index (κ1) is 11.5. The second kappa shape index (κ2) is 5.39. The molecule has 0 amide bonds. The zero-order valence-corrected chi connectivity index (χ0v) is 10.1. The van der Waals surface area contributed by atoms with Crippen molar-refractivity contribution in [2.24, 2.45) is 0 Å². The maximum Gasteiger partial charge on any atom is 0.0711 e. The third-order valence-corrected chi connectivity index (χ3v) is 4.54. The maximum absolute atomic E-state index is 11.2. The van der Waals surface area contributed by atoms with E-state index in [1.807, 2.05) is 0 Å². The molecule has 2 saturated heterocycles. The second-order valence-corrected chi connectivity index (χ2v) is 6.04. The predicted molar refractivity (Wildman–Crippen MR) is 61.5 cm³/mol. The Morgan fingerprint density at radius 1 is 1.47 bits per heavy atom. The summed E-state index contributed by atoms with van der Waals surface area (Å²) in [4.78, 5) is 2.41. The van der Waals surface area contributed by atoms with Gasteiger partial charge >= 0.3 is 0 Å². The molecule has 0 aromatic heterocycles. The molecule has 0 saturated carbocycles. The molecule has 2 heterocycles. The summed E-state index contributed by atoms with van der Waals surface area (Å²) in [6.45, 7) is 4.03. The molecular formula is C10H20N2O2S. The molecular weight excluding hydrogens is 212 g/mol. The minimum absolute atomic E-state index is 0.383. The Bertz CT molecular complexity index is 227. The van der Waals surface area contributed by atoms with Crippen molar-refractivity contribution in [1.29, 1.82) is 0 Å². The van der Waals surface area contributed by atoms with Crippen molar-refractivity contribution in [1.82, 2.24) is 10.2 Å². The SMILES string of the molecule is COC1CNC(CN2CCS(=O)CC2)C1. The van der Waals surface area contributed by atoms with Crippen LogP contribution >= 0.6 is 0 Å². The monoisotopic (exact) mass is 232 g/mol. The zero-order valence-electron chi connectivity index (χ0n) is 9.28. The molecule has 5 heteroatoms. The zero-order chi connectivity index (χ0) is 10.7. The first-order valence-electron chi connectivity index (χ1n) is 5.61. The normalized spacial score (nSPS) is 34.7. The van der Waals surface area contributed by atoms with Crippen LogP contribution in [0.4, 0.5) is 0 Å². The molecule has 88 valence electrons. The highest BCUT2D eigenvalue weighted by Gasteiger charge is 2.26. The second-order valence-electron chi connectivity index (χ2n) is 4.35. The quantitative estimate of drug-likeness (QED) is 0.707. The highest BCUT2D eigenvalue weighted by atomic mass is 32.2. The highest BCUT2D eigenvalue weighted by Crippen LogP contribution is 2.11. The lowest BCUT2D eigenvalue weighted by atomic mass is 10.2. The van der Waals surface area contributed by atoms with Gasteiger partial charge in [-0.25, -0.2) is 0 Å². The van der Waals surface area contributed by atoms with E-state index in [0.29, 0.717) is 12.1 Å². The molecule has 0 aromatic rings. The Morgan fingerprint density at radius 3 is 2.80 bits per heavy atom. The lowest BCUT2D eigenvalue weighted by Gasteiger charge is -2.28. The fraction of sp³-hybridized carbons (Fsp3) is 1.00. The lowest BCUT2D eigenvalue weighted by Crippen LogP contribution is -2.44. The van der Waals surface area contributed by atoms with Crippen LogP contribution in [0, 0.1) is 0 Å². The molecule has 0 aromatic carbocycles. The van der Waals surface area contributed by atoms with Gasteiger partial charge in [-0.2, -0.15) is 0 Å². The van der Waals surface area contributed by atoms with Crippen molar-refractivity contribution in [2.75, 3.05) is 44.8 Å². The molecule has 2 aliphatic heterocycles. The Morgan fingerprint density at radius 2 is 2.20 bits per heavy atom. The minimum atomic E-state index is -0.559. The first-order valence-corrected chi connectivity index (χ1v) is 7.10. The van der Waals surface area contributed by atoms with Crippen LogP contribution in [0.1, 0.15) is 6.42 Å². The van der Waals surface area contributed by atoms with E-state index in [1.54, 1.807) is 7.11 Å². The summed E-state index contributed by atoms with van der Waals surface area (Å²) >= 11 is 0. The number of hydrogen-bond acceptors (Lipinski definition) is 4. The topological polar surface area (TPSA) is 41.6 Å². The minimum Gasteiger partial charge on any atom is -0.380 e. The van der Waals surface area contributed by atoms with E-state index < -0.39 is 10.8 Å². The molecule has 1 N–H and O–H groups in total. The molecule has 2 atom stereocenters. The van der Waals surface area contributed by atoms with E-state index in [4.69, 9.17) is 4.74 Å². The number of nitrogens with one attached hydrogen (secondary N) is 1. The van der Waals surface area contributed by atoms with Gasteiger partial charge in [-0.15, -0.1) is 0 Å². The first-order chi connectivity index (χ1) is 7.28. The fourth-order valence-corrected chi connectivity index (χ4v) is 3.40. The van der Waals surface area contributed by atoms with Gasteiger partial charge in [0.2, 0.25) is 0 Å². The van der Waals surface area contributed by atoms with Gasteiger partial charge in [0, 0.05) is 61.6 Å². The van der Waals surface area contributed by atoms with Crippen molar-refractivity contribution < 1.29 is 8.95 Å². The molecule has 0 radical (unpaired) electrons. The molecule has 0 aliphatic carbocycles. The number of nitrogens with zero attached hydrogens (tertiary/aromatic N) is 1. The van der Waals surface area contributed by atoms with Gasteiger partial charge in [-0.05, 0) is 6.42 Å². The van der Waals surface area contributed by atoms with Gasteiger partial charge in [0.15, 0.2) is 0 Å². The summed E-state index contributed by atoms with van der Waals surface area (Å²) in [5, 5.41) is 3.47. The smallest absolute Gasteiger partial charge is 0.0711 e. The van der Waals surface area contributed by atoms with E-state index in [0.717, 1.165) is 44.1 Å². The van der Waals surface area contributed by atoms with E-state index >= 15 is 0 Å². The van der Waals surface area contributed by atoms with E-state index in [1.165, 1.54) is 0 Å². The molecule has 0 bridgehead atoms. The van der Waals surface area contributed by atoms with Crippen molar-refractivity contribution in [2.45, 2.75) is 18.6 Å². The summed E-state index contributed by atoms with van der Waals surface area (Å²) in [5.74, 6) is 1.70. The van der Waals surface area contributed by atoms with Crippen molar-refractivity contribution in [3.8, 4) is 0 Å². The molecule has 4 nitrogen and oxygen atoms in total. The van der Waals surface area contributed by atoms with Crippen LogP contribution in [0.5, 0.6) is 0 Å². The van der Waals surface area contributed by atoms with Gasteiger partial charge in [0.05, 0.1) is 6.10 Å². The third kappa shape index (κ3) is 3.24. The molecule has 2 unspecified atom stereocenters. The summed E-state index contributed by atoms with van der Waals surface area (Å²) in [6.07, 6.45) is 1.49. The van der Waals surface area contributed by atoms with Gasteiger partial charge in [-0.3, -0.25) is 9.11 Å². The number of ether oxygens (including phenoxy) is 1. The molecule has 2 rings (SSSR count). The average molecular weight is 232 g/mol. The molecule has 15 heavy (non-hydrogen) atoms. The van der Waals surface area contributed by atoms with Gasteiger partial charge in [-0.1, -0.05) is 0 Å². The average Bonchev–Trinajstić information content (AvgIpc) is 2.69.